The smallest absolute Gasteiger partial charge is 0.243 e. The van der Waals surface area contributed by atoms with Gasteiger partial charge in [-0.2, -0.15) is 4.31 Å². The molecule has 4 rings (SSSR count). The van der Waals surface area contributed by atoms with Gasteiger partial charge in [-0.15, -0.1) is 0 Å². The van der Waals surface area contributed by atoms with E-state index in [0.717, 1.165) is 24.8 Å². The molecule has 31 heavy (non-hydrogen) atoms. The van der Waals surface area contributed by atoms with Crippen LogP contribution in [-0.4, -0.2) is 86.2 Å². The Morgan fingerprint density at radius 2 is 1.81 bits per heavy atom. The second-order valence-electron chi connectivity index (χ2n) is 9.02. The van der Waals surface area contributed by atoms with Gasteiger partial charge in [0.2, 0.25) is 21.8 Å². The molecule has 2 amide bonds. The zero-order chi connectivity index (χ0) is 22.2. The van der Waals surface area contributed by atoms with Crippen molar-refractivity contribution in [3.05, 3.63) is 29.3 Å². The molecule has 2 heterocycles. The van der Waals surface area contributed by atoms with Crippen molar-refractivity contribution < 1.29 is 18.0 Å². The summed E-state index contributed by atoms with van der Waals surface area (Å²) in [6.45, 7) is 6.66. The Hall–Kier alpha value is -1.97. The molecule has 1 unspecified atom stereocenters. The number of benzene rings is 1. The van der Waals surface area contributed by atoms with Crippen LogP contribution in [0.1, 0.15) is 31.4 Å². The third kappa shape index (κ3) is 4.49. The summed E-state index contributed by atoms with van der Waals surface area (Å²) in [5.74, 6) is 0.0386. The highest BCUT2D eigenvalue weighted by molar-refractivity contribution is 7.89. The van der Waals surface area contributed by atoms with Crippen LogP contribution in [0.25, 0.3) is 0 Å². The largest absolute Gasteiger partial charge is 0.353 e. The molecule has 0 aromatic heterocycles. The molecular weight excluding hydrogens is 416 g/mol. The predicted molar refractivity (Wildman–Crippen MR) is 117 cm³/mol. The van der Waals surface area contributed by atoms with Crippen LogP contribution >= 0.6 is 0 Å². The van der Waals surface area contributed by atoms with Crippen LogP contribution in [0.5, 0.6) is 0 Å². The number of nitrogens with one attached hydrogen (secondary N) is 1. The Morgan fingerprint density at radius 3 is 2.52 bits per heavy atom. The molecule has 1 aliphatic carbocycles. The lowest BCUT2D eigenvalue weighted by atomic mass is 9.99. The number of sulfonamides is 1. The molecular formula is C22H32N4O4S. The Bertz CT molecular complexity index is 954. The van der Waals surface area contributed by atoms with Crippen molar-refractivity contribution in [2.75, 3.05) is 45.8 Å². The van der Waals surface area contributed by atoms with Gasteiger partial charge in [-0.25, -0.2) is 8.42 Å². The predicted octanol–water partition coefficient (Wildman–Crippen LogP) is 0.465. The van der Waals surface area contributed by atoms with Gasteiger partial charge in [-0.3, -0.25) is 14.5 Å². The van der Waals surface area contributed by atoms with Crippen LogP contribution < -0.4 is 5.32 Å². The number of nitrogens with zero attached hydrogens (tertiary/aromatic N) is 3. The molecule has 2 saturated heterocycles. The Balaban J connectivity index is 1.37. The number of hydrogen-bond donors (Lipinski definition) is 1. The molecule has 170 valence electrons. The average Bonchev–Trinajstić information content (AvgIpc) is 3.21. The van der Waals surface area contributed by atoms with Crippen molar-refractivity contribution in [2.45, 2.75) is 44.0 Å². The fourth-order valence-electron chi connectivity index (χ4n) is 4.94. The second-order valence-corrected chi connectivity index (χ2v) is 11.0. The summed E-state index contributed by atoms with van der Waals surface area (Å²) in [6.07, 6.45) is 3.04. The van der Waals surface area contributed by atoms with Crippen molar-refractivity contribution in [3.8, 4) is 0 Å². The summed E-state index contributed by atoms with van der Waals surface area (Å²) in [7, 11) is -3.56. The summed E-state index contributed by atoms with van der Waals surface area (Å²) in [5, 5.41) is 2.87. The van der Waals surface area contributed by atoms with E-state index in [1.807, 2.05) is 30.9 Å². The van der Waals surface area contributed by atoms with Gasteiger partial charge in [0.05, 0.1) is 17.5 Å². The summed E-state index contributed by atoms with van der Waals surface area (Å²) in [4.78, 5) is 29.1. The molecule has 1 N–H and O–H groups in total. The van der Waals surface area contributed by atoms with Gasteiger partial charge in [0.25, 0.3) is 0 Å². The van der Waals surface area contributed by atoms with Gasteiger partial charge in [0, 0.05) is 39.3 Å². The van der Waals surface area contributed by atoms with E-state index >= 15 is 0 Å². The van der Waals surface area contributed by atoms with Crippen molar-refractivity contribution in [1.82, 2.24) is 19.4 Å². The number of carbonyl (C=O) groups excluding carboxylic acids is 2. The van der Waals surface area contributed by atoms with E-state index < -0.39 is 10.0 Å². The van der Waals surface area contributed by atoms with E-state index in [0.29, 0.717) is 44.2 Å². The maximum atomic E-state index is 13.1. The number of aryl methyl sites for hydroxylation is 2. The number of carbonyl (C=O) groups is 2. The van der Waals surface area contributed by atoms with Crippen molar-refractivity contribution in [2.24, 2.45) is 5.92 Å². The normalized spacial score (nSPS) is 23.1. The van der Waals surface area contributed by atoms with Crippen LogP contribution in [0.2, 0.25) is 0 Å². The van der Waals surface area contributed by atoms with Crippen LogP contribution in [0.3, 0.4) is 0 Å². The molecule has 9 heteroatoms. The lowest BCUT2D eigenvalue weighted by molar-refractivity contribution is -0.138. The first kappa shape index (κ1) is 22.2. The highest BCUT2D eigenvalue weighted by Crippen LogP contribution is 2.27. The average molecular weight is 449 g/mol. The monoisotopic (exact) mass is 448 g/mol. The van der Waals surface area contributed by atoms with E-state index in [1.165, 1.54) is 9.87 Å². The van der Waals surface area contributed by atoms with Crippen molar-refractivity contribution in [1.29, 1.82) is 0 Å². The molecule has 0 spiro atoms. The maximum absolute atomic E-state index is 13.1. The van der Waals surface area contributed by atoms with E-state index in [9.17, 15) is 18.0 Å². The quantitative estimate of drug-likeness (QED) is 0.707. The number of fused-ring (bicyclic) bond motifs is 1. The van der Waals surface area contributed by atoms with E-state index in [2.05, 4.69) is 5.32 Å². The number of rotatable bonds is 5. The van der Waals surface area contributed by atoms with Crippen molar-refractivity contribution >= 4 is 21.8 Å². The molecule has 1 aromatic rings. The molecule has 3 aliphatic rings. The molecule has 2 fully saturated rings. The zero-order valence-electron chi connectivity index (χ0n) is 18.3. The summed E-state index contributed by atoms with van der Waals surface area (Å²) >= 11 is 0. The van der Waals surface area contributed by atoms with Crippen LogP contribution in [-0.2, 0) is 32.5 Å². The first-order chi connectivity index (χ1) is 14.8. The fourth-order valence-corrected chi connectivity index (χ4v) is 6.42. The lowest BCUT2D eigenvalue weighted by Gasteiger charge is -2.39. The molecule has 0 bridgehead atoms. The number of hydrogen-bond acceptors (Lipinski definition) is 5. The van der Waals surface area contributed by atoms with E-state index in [-0.39, 0.29) is 30.3 Å². The van der Waals surface area contributed by atoms with Gasteiger partial charge in [-0.1, -0.05) is 19.9 Å². The third-order valence-corrected chi connectivity index (χ3v) is 8.52. The zero-order valence-corrected chi connectivity index (χ0v) is 19.2. The Kier molecular flexibility index (Phi) is 6.37. The fraction of sp³-hybridized carbons (Fsp3) is 0.636. The van der Waals surface area contributed by atoms with Gasteiger partial charge >= 0.3 is 0 Å². The Morgan fingerprint density at radius 1 is 1.10 bits per heavy atom. The van der Waals surface area contributed by atoms with Crippen molar-refractivity contribution in [3.63, 3.8) is 0 Å². The van der Waals surface area contributed by atoms with Gasteiger partial charge < -0.3 is 10.2 Å². The SMILES string of the molecule is CC(C)C1C(=O)NCCN1CC(=O)N1CCN(S(=O)(=O)c2ccc3c(c2)CCC3)CC1. The molecule has 2 aliphatic heterocycles. The number of amides is 2. The molecule has 1 atom stereocenters. The highest BCUT2D eigenvalue weighted by Gasteiger charge is 2.35. The maximum Gasteiger partial charge on any atom is 0.243 e. The van der Waals surface area contributed by atoms with E-state index in [1.54, 1.807) is 11.0 Å². The topological polar surface area (TPSA) is 90.0 Å². The van der Waals surface area contributed by atoms with Crippen LogP contribution in [0.4, 0.5) is 0 Å². The van der Waals surface area contributed by atoms with Gasteiger partial charge in [-0.05, 0) is 48.4 Å². The second kappa shape index (κ2) is 8.88. The van der Waals surface area contributed by atoms with E-state index in [4.69, 9.17) is 0 Å². The summed E-state index contributed by atoms with van der Waals surface area (Å²) in [5.41, 5.74) is 2.39. The lowest BCUT2D eigenvalue weighted by Crippen LogP contribution is -2.60. The van der Waals surface area contributed by atoms with Gasteiger partial charge in [0.15, 0.2) is 0 Å². The minimum atomic E-state index is -3.56. The van der Waals surface area contributed by atoms with Crippen LogP contribution in [0, 0.1) is 5.92 Å². The molecule has 0 saturated carbocycles. The Labute approximate surface area is 184 Å². The summed E-state index contributed by atoms with van der Waals surface area (Å²) in [6, 6.07) is 5.17. The molecule has 1 aromatic carbocycles. The molecule has 0 radical (unpaired) electrons. The first-order valence-corrected chi connectivity index (χ1v) is 12.6. The summed E-state index contributed by atoms with van der Waals surface area (Å²) < 4.78 is 27.7. The molecule has 8 nitrogen and oxygen atoms in total. The van der Waals surface area contributed by atoms with Gasteiger partial charge in [0.1, 0.15) is 0 Å². The minimum absolute atomic E-state index is 0.0284. The number of piperazine rings is 2. The minimum Gasteiger partial charge on any atom is -0.353 e. The highest BCUT2D eigenvalue weighted by atomic mass is 32.2. The third-order valence-electron chi connectivity index (χ3n) is 6.63. The first-order valence-electron chi connectivity index (χ1n) is 11.2. The van der Waals surface area contributed by atoms with Crippen LogP contribution in [0.15, 0.2) is 23.1 Å². The standard InChI is InChI=1S/C22H32N4O4S/c1-16(2)21-22(28)23-8-9-25(21)15-20(27)24-10-12-26(13-11-24)31(29,30)19-7-6-17-4-3-5-18(17)14-19/h6-7,14,16,21H,3-5,8-13,15H2,1-2H3,(H,23,28).